The van der Waals surface area contributed by atoms with E-state index in [1.165, 1.54) is 6.20 Å². The Kier molecular flexibility index (Phi) is 3.27. The Bertz CT molecular complexity index is 602. The zero-order valence-corrected chi connectivity index (χ0v) is 9.45. The van der Waals surface area contributed by atoms with Gasteiger partial charge in [-0.25, -0.2) is 9.37 Å². The highest BCUT2D eigenvalue weighted by Crippen LogP contribution is 2.13. The van der Waals surface area contributed by atoms with Crippen molar-refractivity contribution < 1.29 is 13.6 Å². The van der Waals surface area contributed by atoms with Crippen molar-refractivity contribution in [1.82, 2.24) is 9.97 Å². The number of rotatable bonds is 2. The second kappa shape index (κ2) is 4.87. The number of aromatic nitrogens is 2. The van der Waals surface area contributed by atoms with Gasteiger partial charge in [-0.2, -0.15) is 4.39 Å². The normalized spacial score (nSPS) is 10.2. The molecule has 0 bridgehead atoms. The zero-order chi connectivity index (χ0) is 13.1. The Hall–Kier alpha value is -2.37. The average Bonchev–Trinajstić information content (AvgIpc) is 2.32. The number of halogens is 2. The van der Waals surface area contributed by atoms with Crippen molar-refractivity contribution in [2.24, 2.45) is 0 Å². The Balaban J connectivity index is 2.25. The molecule has 2 aromatic heterocycles. The highest BCUT2D eigenvalue weighted by atomic mass is 19.2. The molecule has 0 unspecified atom stereocenters. The van der Waals surface area contributed by atoms with Crippen LogP contribution in [0.4, 0.5) is 14.5 Å². The molecule has 0 aliphatic heterocycles. The molecule has 1 N–H and O–H groups in total. The van der Waals surface area contributed by atoms with Crippen LogP contribution in [-0.4, -0.2) is 15.9 Å². The fourth-order valence-corrected chi connectivity index (χ4v) is 1.42. The van der Waals surface area contributed by atoms with E-state index in [2.05, 4.69) is 15.3 Å². The Labute approximate surface area is 102 Å². The van der Waals surface area contributed by atoms with E-state index in [0.29, 0.717) is 5.69 Å². The number of aryl methyl sites for hydroxylation is 1. The molecule has 0 radical (unpaired) electrons. The summed E-state index contributed by atoms with van der Waals surface area (Å²) in [7, 11) is 0. The van der Waals surface area contributed by atoms with Crippen molar-refractivity contribution in [3.05, 3.63) is 53.6 Å². The van der Waals surface area contributed by atoms with E-state index in [1.54, 1.807) is 19.2 Å². The number of nitrogens with one attached hydrogen (secondary N) is 1. The standard InChI is InChI=1S/C12H9F2N3O/c1-7-4-8(6-15-5-7)17-12(18)9-2-3-16-11(14)10(9)13/h2-6H,1H3,(H,17,18). The maximum atomic E-state index is 13.3. The Morgan fingerprint density at radius 2 is 2.11 bits per heavy atom. The van der Waals surface area contributed by atoms with Gasteiger partial charge in [-0.3, -0.25) is 9.78 Å². The maximum absolute atomic E-state index is 13.3. The third kappa shape index (κ3) is 2.48. The summed E-state index contributed by atoms with van der Waals surface area (Å²) in [6.45, 7) is 1.80. The predicted octanol–water partition coefficient (Wildman–Crippen LogP) is 2.32. The van der Waals surface area contributed by atoms with E-state index in [-0.39, 0.29) is 0 Å². The van der Waals surface area contributed by atoms with Crippen molar-refractivity contribution in [3.8, 4) is 0 Å². The second-order valence-electron chi connectivity index (χ2n) is 3.67. The van der Waals surface area contributed by atoms with Crippen molar-refractivity contribution >= 4 is 11.6 Å². The minimum Gasteiger partial charge on any atom is -0.320 e. The smallest absolute Gasteiger partial charge is 0.258 e. The fraction of sp³-hybridized carbons (Fsp3) is 0.0833. The van der Waals surface area contributed by atoms with Crippen LogP contribution in [0.25, 0.3) is 0 Å². The summed E-state index contributed by atoms with van der Waals surface area (Å²) in [6, 6.07) is 2.78. The lowest BCUT2D eigenvalue weighted by molar-refractivity contribution is 0.102. The molecule has 0 fully saturated rings. The molecule has 0 saturated heterocycles. The van der Waals surface area contributed by atoms with E-state index in [1.807, 2.05) is 0 Å². The van der Waals surface area contributed by atoms with Gasteiger partial charge in [0.25, 0.3) is 5.91 Å². The molecule has 18 heavy (non-hydrogen) atoms. The van der Waals surface area contributed by atoms with E-state index in [9.17, 15) is 13.6 Å². The predicted molar refractivity (Wildman–Crippen MR) is 61.1 cm³/mol. The summed E-state index contributed by atoms with van der Waals surface area (Å²) in [4.78, 5) is 18.7. The summed E-state index contributed by atoms with van der Waals surface area (Å²) in [6.07, 6.45) is 4.06. The van der Waals surface area contributed by atoms with E-state index < -0.39 is 23.2 Å². The van der Waals surface area contributed by atoms with Gasteiger partial charge >= 0.3 is 0 Å². The molecule has 2 rings (SSSR count). The average molecular weight is 249 g/mol. The fourth-order valence-electron chi connectivity index (χ4n) is 1.42. The van der Waals surface area contributed by atoms with Gasteiger partial charge in [0.15, 0.2) is 5.82 Å². The zero-order valence-electron chi connectivity index (χ0n) is 9.45. The molecule has 4 nitrogen and oxygen atoms in total. The summed E-state index contributed by atoms with van der Waals surface area (Å²) in [5.74, 6) is -3.32. The first kappa shape index (κ1) is 12.1. The van der Waals surface area contributed by atoms with Crippen LogP contribution in [0.15, 0.2) is 30.7 Å². The summed E-state index contributed by atoms with van der Waals surface area (Å²) >= 11 is 0. The highest BCUT2D eigenvalue weighted by Gasteiger charge is 2.16. The van der Waals surface area contributed by atoms with Gasteiger partial charge in [-0.05, 0) is 24.6 Å². The summed E-state index contributed by atoms with van der Waals surface area (Å²) in [5, 5.41) is 2.43. The summed E-state index contributed by atoms with van der Waals surface area (Å²) < 4.78 is 26.2. The molecule has 0 spiro atoms. The van der Waals surface area contributed by atoms with Gasteiger partial charge < -0.3 is 5.32 Å². The molecule has 0 aliphatic carbocycles. The third-order valence-electron chi connectivity index (χ3n) is 2.22. The van der Waals surface area contributed by atoms with Gasteiger partial charge in [-0.15, -0.1) is 0 Å². The molecule has 2 aromatic rings. The molecule has 92 valence electrons. The van der Waals surface area contributed by atoms with Crippen LogP contribution in [0.3, 0.4) is 0 Å². The monoisotopic (exact) mass is 249 g/mol. The van der Waals surface area contributed by atoms with Crippen LogP contribution in [0.2, 0.25) is 0 Å². The molecule has 0 atom stereocenters. The topological polar surface area (TPSA) is 54.9 Å². The number of carbonyl (C=O) groups is 1. The summed E-state index contributed by atoms with van der Waals surface area (Å²) in [5.41, 5.74) is 0.856. The second-order valence-corrected chi connectivity index (χ2v) is 3.67. The quantitative estimate of drug-likeness (QED) is 0.831. The van der Waals surface area contributed by atoms with Gasteiger partial charge in [0, 0.05) is 12.4 Å². The molecule has 2 heterocycles. The van der Waals surface area contributed by atoms with Crippen molar-refractivity contribution in [1.29, 1.82) is 0 Å². The molecule has 0 saturated carbocycles. The molecule has 1 amide bonds. The number of pyridine rings is 2. The van der Waals surface area contributed by atoms with Gasteiger partial charge in [0.1, 0.15) is 0 Å². The first-order chi connectivity index (χ1) is 8.58. The molecule has 0 aromatic carbocycles. The number of nitrogens with zero attached hydrogens (tertiary/aromatic N) is 2. The van der Waals surface area contributed by atoms with Crippen molar-refractivity contribution in [2.45, 2.75) is 6.92 Å². The Morgan fingerprint density at radius 1 is 1.33 bits per heavy atom. The molecule has 6 heteroatoms. The molecular weight excluding hydrogens is 240 g/mol. The van der Waals surface area contributed by atoms with Gasteiger partial charge in [0.05, 0.1) is 17.4 Å². The van der Waals surface area contributed by atoms with E-state index in [4.69, 9.17) is 0 Å². The van der Waals surface area contributed by atoms with Crippen LogP contribution in [0.5, 0.6) is 0 Å². The van der Waals surface area contributed by atoms with E-state index in [0.717, 1.165) is 17.8 Å². The number of hydrogen-bond donors (Lipinski definition) is 1. The van der Waals surface area contributed by atoms with Crippen LogP contribution in [-0.2, 0) is 0 Å². The number of hydrogen-bond acceptors (Lipinski definition) is 3. The SMILES string of the molecule is Cc1cncc(NC(=O)c2ccnc(F)c2F)c1. The van der Waals surface area contributed by atoms with Crippen molar-refractivity contribution in [2.75, 3.05) is 5.32 Å². The molecular formula is C12H9F2N3O. The highest BCUT2D eigenvalue weighted by molar-refractivity contribution is 6.04. The molecule has 0 aliphatic rings. The first-order valence-corrected chi connectivity index (χ1v) is 5.11. The van der Waals surface area contributed by atoms with Crippen LogP contribution < -0.4 is 5.32 Å². The van der Waals surface area contributed by atoms with Crippen LogP contribution in [0.1, 0.15) is 15.9 Å². The van der Waals surface area contributed by atoms with Gasteiger partial charge in [-0.1, -0.05) is 0 Å². The lowest BCUT2D eigenvalue weighted by Gasteiger charge is -2.06. The lowest BCUT2D eigenvalue weighted by atomic mass is 10.2. The maximum Gasteiger partial charge on any atom is 0.258 e. The van der Waals surface area contributed by atoms with E-state index >= 15 is 0 Å². The first-order valence-electron chi connectivity index (χ1n) is 5.11. The van der Waals surface area contributed by atoms with Crippen LogP contribution >= 0.6 is 0 Å². The van der Waals surface area contributed by atoms with Crippen molar-refractivity contribution in [3.63, 3.8) is 0 Å². The number of anilines is 1. The number of carbonyl (C=O) groups excluding carboxylic acids is 1. The third-order valence-corrected chi connectivity index (χ3v) is 2.22. The lowest BCUT2D eigenvalue weighted by Crippen LogP contribution is -2.15. The largest absolute Gasteiger partial charge is 0.320 e. The minimum atomic E-state index is -1.30. The minimum absolute atomic E-state index is 0.399. The van der Waals surface area contributed by atoms with Gasteiger partial charge in [0.2, 0.25) is 5.95 Å². The Morgan fingerprint density at radius 3 is 2.83 bits per heavy atom. The van der Waals surface area contributed by atoms with Crippen LogP contribution in [0, 0.1) is 18.7 Å². The number of amides is 1.